The summed E-state index contributed by atoms with van der Waals surface area (Å²) in [7, 11) is 0. The first-order valence-electron chi connectivity index (χ1n) is 24.0. The Bertz CT molecular complexity index is 3770. The molecule has 1 aromatic heterocycles. The topological polar surface area (TPSA) is 3.24 Å². The van der Waals surface area contributed by atoms with E-state index in [9.17, 15) is 0 Å². The fourth-order valence-electron chi connectivity index (χ4n) is 16.0. The molecule has 9 aromatic rings. The molecule has 0 saturated heterocycles. The van der Waals surface area contributed by atoms with Crippen molar-refractivity contribution in [1.29, 1.82) is 0 Å². The molecule has 1 nitrogen and oxygen atoms in total. The van der Waals surface area contributed by atoms with Crippen LogP contribution in [0.25, 0.3) is 49.0 Å². The van der Waals surface area contributed by atoms with Crippen LogP contribution in [-0.2, 0) is 16.4 Å². The average molecular weight is 860 g/mol. The van der Waals surface area contributed by atoms with Crippen LogP contribution in [0.2, 0.25) is 0 Å². The maximum Gasteiger partial charge on any atom is 0.0913 e. The number of anilines is 2. The number of hydrogen-bond acceptors (Lipinski definition) is 2. The Morgan fingerprint density at radius 2 is 0.970 bits per heavy atom. The van der Waals surface area contributed by atoms with Gasteiger partial charge < -0.3 is 4.90 Å². The molecule has 5 atom stereocenters. The SMILES string of the molecule is CC1C2=C3C(C)C4=C1C(C)c1sc5ccccc5c1C4(C)N(c1cccc4c1-c1ccccc1C41c4ccccc4-c4ccccc41)c1ccc4c(c1)C3(c1ccccc12)c1ccccc1-4. The highest BCUT2D eigenvalue weighted by Gasteiger charge is 2.63. The third kappa shape index (κ3) is 3.69. The Morgan fingerprint density at radius 3 is 1.65 bits per heavy atom. The summed E-state index contributed by atoms with van der Waals surface area (Å²) in [5.41, 5.74) is 28.4. The van der Waals surface area contributed by atoms with Gasteiger partial charge in [0.05, 0.1) is 22.1 Å². The Kier molecular flexibility index (Phi) is 6.52. The van der Waals surface area contributed by atoms with Crippen molar-refractivity contribution in [2.45, 2.75) is 50.0 Å². The molecule has 6 aliphatic carbocycles. The van der Waals surface area contributed by atoms with Gasteiger partial charge in [0.2, 0.25) is 0 Å². The van der Waals surface area contributed by atoms with Crippen molar-refractivity contribution in [1.82, 2.24) is 0 Å². The van der Waals surface area contributed by atoms with Gasteiger partial charge in [0, 0.05) is 44.1 Å². The van der Waals surface area contributed by atoms with Gasteiger partial charge in [0.1, 0.15) is 0 Å². The van der Waals surface area contributed by atoms with Gasteiger partial charge in [-0.05, 0) is 126 Å². The van der Waals surface area contributed by atoms with Crippen LogP contribution in [0.5, 0.6) is 0 Å². The second kappa shape index (κ2) is 11.9. The zero-order valence-electron chi connectivity index (χ0n) is 37.4. The minimum Gasteiger partial charge on any atom is -0.327 e. The largest absolute Gasteiger partial charge is 0.327 e. The van der Waals surface area contributed by atoms with E-state index in [1.165, 1.54) is 110 Å². The molecule has 0 saturated carbocycles. The molecule has 1 aliphatic heterocycles. The standard InChI is InChI=1S/C64H45NS/c1-35-55-36(2)61-60(45-23-10-16-31-54(45)66-61)62(4)58(55)37(3)59-56(35)43-21-8-15-28-50(43)64(59)48-26-13-7-20-41(48)42-33-32-38(34-52(42)64)65(62)53-30-17-29-51-57(53)44-22-9-14-27-49(44)63(51)46-24-11-5-18-39(46)40-19-6-12-25-47(40)63/h5-37H,1-4H3. The van der Waals surface area contributed by atoms with E-state index in [1.54, 1.807) is 22.3 Å². The van der Waals surface area contributed by atoms with Crippen molar-refractivity contribution < 1.29 is 0 Å². The van der Waals surface area contributed by atoms with E-state index in [4.69, 9.17) is 0 Å². The lowest BCUT2D eigenvalue weighted by Crippen LogP contribution is -2.49. The Hall–Kier alpha value is -7.00. The van der Waals surface area contributed by atoms with Crippen LogP contribution in [0, 0.1) is 11.8 Å². The minimum absolute atomic E-state index is 0.151. The van der Waals surface area contributed by atoms with E-state index < -0.39 is 16.4 Å². The first-order chi connectivity index (χ1) is 32.4. The molecule has 0 amide bonds. The van der Waals surface area contributed by atoms with Gasteiger partial charge >= 0.3 is 0 Å². The smallest absolute Gasteiger partial charge is 0.0913 e. The number of benzene rings is 8. The summed E-state index contributed by atoms with van der Waals surface area (Å²) in [6, 6.07) is 71.0. The first kappa shape index (κ1) is 36.2. The van der Waals surface area contributed by atoms with E-state index >= 15 is 0 Å². The van der Waals surface area contributed by atoms with Gasteiger partial charge in [-0.25, -0.2) is 0 Å². The summed E-state index contributed by atoms with van der Waals surface area (Å²) >= 11 is 2.04. The van der Waals surface area contributed by atoms with Crippen molar-refractivity contribution in [3.63, 3.8) is 0 Å². The highest BCUT2D eigenvalue weighted by atomic mass is 32.1. The molecule has 0 N–H and O–H groups in total. The van der Waals surface area contributed by atoms with Crippen LogP contribution < -0.4 is 4.90 Å². The summed E-state index contributed by atoms with van der Waals surface area (Å²) in [4.78, 5) is 4.39. The molecular formula is C64H45NS. The molecule has 4 bridgehead atoms. The van der Waals surface area contributed by atoms with E-state index in [2.05, 4.69) is 215 Å². The molecule has 5 unspecified atom stereocenters. The average Bonchev–Trinajstić information content (AvgIpc) is 4.14. The normalized spacial score (nSPS) is 24.3. The molecule has 66 heavy (non-hydrogen) atoms. The van der Waals surface area contributed by atoms with Crippen LogP contribution in [0.3, 0.4) is 0 Å². The Labute approximate surface area is 390 Å². The van der Waals surface area contributed by atoms with Crippen molar-refractivity contribution >= 4 is 38.4 Å². The number of rotatable bonds is 1. The minimum atomic E-state index is -0.559. The van der Waals surface area contributed by atoms with E-state index in [0.29, 0.717) is 0 Å². The van der Waals surface area contributed by atoms with Gasteiger partial charge in [-0.15, -0.1) is 11.3 Å². The van der Waals surface area contributed by atoms with Crippen molar-refractivity contribution in [2.75, 3.05) is 4.90 Å². The molecule has 0 radical (unpaired) electrons. The third-order valence-electron chi connectivity index (χ3n) is 17.9. The Balaban J connectivity index is 1.10. The Morgan fingerprint density at radius 1 is 0.439 bits per heavy atom. The molecule has 2 heteroatoms. The number of nitrogens with zero attached hydrogens (tertiary/aromatic N) is 1. The van der Waals surface area contributed by atoms with E-state index in [1.807, 2.05) is 11.3 Å². The van der Waals surface area contributed by atoms with Crippen molar-refractivity contribution in [3.8, 4) is 33.4 Å². The predicted molar refractivity (Wildman–Crippen MR) is 273 cm³/mol. The molecule has 2 spiro atoms. The van der Waals surface area contributed by atoms with E-state index in [-0.39, 0.29) is 17.8 Å². The fourth-order valence-corrected chi connectivity index (χ4v) is 17.3. The lowest BCUT2D eigenvalue weighted by Gasteiger charge is -2.54. The number of hydrogen-bond donors (Lipinski definition) is 0. The van der Waals surface area contributed by atoms with E-state index in [0.717, 1.165) is 0 Å². The molecule has 8 aromatic carbocycles. The quantitative estimate of drug-likeness (QED) is 0.149. The van der Waals surface area contributed by atoms with Crippen LogP contribution in [-0.4, -0.2) is 0 Å². The number of allylic oxidation sites excluding steroid dienone is 3. The van der Waals surface area contributed by atoms with Crippen molar-refractivity contribution in [3.05, 3.63) is 254 Å². The number of fused-ring (bicyclic) bond motifs is 19. The summed E-state index contributed by atoms with van der Waals surface area (Å²) in [5, 5.41) is 1.39. The second-order valence-corrected chi connectivity index (χ2v) is 21.3. The van der Waals surface area contributed by atoms with Gasteiger partial charge in [-0.2, -0.15) is 0 Å². The molecule has 16 rings (SSSR count). The highest BCUT2D eigenvalue weighted by Crippen LogP contribution is 2.73. The third-order valence-corrected chi connectivity index (χ3v) is 19.2. The molecule has 0 fully saturated rings. The van der Waals surface area contributed by atoms with Crippen molar-refractivity contribution in [2.24, 2.45) is 11.8 Å². The molecule has 312 valence electrons. The second-order valence-electron chi connectivity index (χ2n) is 20.3. The van der Waals surface area contributed by atoms with Crippen LogP contribution in [0.4, 0.5) is 11.4 Å². The zero-order valence-corrected chi connectivity index (χ0v) is 38.2. The zero-order chi connectivity index (χ0) is 43.6. The predicted octanol–water partition coefficient (Wildman–Crippen LogP) is 16.1. The molecular weight excluding hydrogens is 815 g/mol. The number of thiophene rings is 1. The van der Waals surface area contributed by atoms with Gasteiger partial charge in [-0.1, -0.05) is 184 Å². The van der Waals surface area contributed by atoms with Crippen LogP contribution >= 0.6 is 11.3 Å². The maximum atomic E-state index is 2.88. The lowest BCUT2D eigenvalue weighted by molar-refractivity contribution is 0.452. The van der Waals surface area contributed by atoms with Crippen LogP contribution in [0.15, 0.2) is 199 Å². The fraction of sp³-hybridized carbons (Fsp3) is 0.156. The van der Waals surface area contributed by atoms with Gasteiger partial charge in [0.15, 0.2) is 0 Å². The maximum absolute atomic E-state index is 2.88. The molecule has 7 aliphatic rings. The molecule has 2 heterocycles. The monoisotopic (exact) mass is 859 g/mol. The summed E-state index contributed by atoms with van der Waals surface area (Å²) in [6.07, 6.45) is 0. The summed E-state index contributed by atoms with van der Waals surface area (Å²) < 4.78 is 1.38. The first-order valence-corrected chi connectivity index (χ1v) is 24.8. The van der Waals surface area contributed by atoms with Crippen LogP contribution in [0.1, 0.15) is 88.6 Å². The van der Waals surface area contributed by atoms with Gasteiger partial charge in [-0.3, -0.25) is 0 Å². The highest BCUT2D eigenvalue weighted by molar-refractivity contribution is 7.19. The van der Waals surface area contributed by atoms with Gasteiger partial charge in [0.25, 0.3) is 0 Å². The lowest BCUT2D eigenvalue weighted by atomic mass is 9.56. The summed E-state index contributed by atoms with van der Waals surface area (Å²) in [5.74, 6) is 0.647. The summed E-state index contributed by atoms with van der Waals surface area (Å²) in [6.45, 7) is 10.3.